The van der Waals surface area contributed by atoms with Crippen LogP contribution in [0.25, 0.3) is 10.2 Å². The summed E-state index contributed by atoms with van der Waals surface area (Å²) in [5, 5.41) is 7.14. The summed E-state index contributed by atoms with van der Waals surface area (Å²) in [7, 11) is 0. The molecule has 1 aromatic carbocycles. The van der Waals surface area contributed by atoms with Crippen molar-refractivity contribution in [2.45, 2.75) is 0 Å². The lowest BCUT2D eigenvalue weighted by atomic mass is 10.3. The molecule has 0 aliphatic rings. The monoisotopic (exact) mass is 279 g/mol. The van der Waals surface area contributed by atoms with Crippen molar-refractivity contribution in [3.8, 4) is 0 Å². The molecule has 90 valence electrons. The first-order valence-corrected chi connectivity index (χ1v) is 6.20. The smallest absolute Gasteiger partial charge is 0.296 e. The molecule has 18 heavy (non-hydrogen) atoms. The first kappa shape index (κ1) is 11.2. The Bertz CT molecular complexity index is 708. The number of carbonyl (C=O) groups is 1. The summed E-state index contributed by atoms with van der Waals surface area (Å²) in [6, 6.07) is 6.97. The van der Waals surface area contributed by atoms with Gasteiger partial charge >= 0.3 is 0 Å². The van der Waals surface area contributed by atoms with E-state index in [1.54, 1.807) is 6.07 Å². The molecule has 2 aromatic heterocycles. The van der Waals surface area contributed by atoms with E-state index in [0.717, 1.165) is 4.70 Å². The van der Waals surface area contributed by atoms with E-state index in [1.165, 1.54) is 23.6 Å². The molecule has 2 heterocycles. The second kappa shape index (κ2) is 4.40. The summed E-state index contributed by atoms with van der Waals surface area (Å²) < 4.78 is 5.67. The van der Waals surface area contributed by atoms with Crippen LogP contribution >= 0.6 is 22.9 Å². The largest absolute Gasteiger partial charge is 0.351 e. The Hall–Kier alpha value is -1.92. The first-order valence-electron chi connectivity index (χ1n) is 5.01. The van der Waals surface area contributed by atoms with E-state index in [2.05, 4.69) is 15.5 Å². The van der Waals surface area contributed by atoms with Gasteiger partial charge in [0.15, 0.2) is 5.13 Å². The lowest BCUT2D eigenvalue weighted by molar-refractivity contribution is 0.0988. The molecule has 0 unspecified atom stereocenters. The van der Waals surface area contributed by atoms with Gasteiger partial charge in [-0.05, 0) is 12.1 Å². The number of aromatic nitrogens is 2. The topological polar surface area (TPSA) is 68.0 Å². The number of thiazole rings is 1. The average molecular weight is 280 g/mol. The SMILES string of the molecule is O=C(Nc1nc2c(Cl)cccc2s1)c1ccno1. The fourth-order valence-corrected chi connectivity index (χ4v) is 2.62. The van der Waals surface area contributed by atoms with Gasteiger partial charge in [0.2, 0.25) is 5.76 Å². The minimum atomic E-state index is -0.386. The highest BCUT2D eigenvalue weighted by Crippen LogP contribution is 2.30. The van der Waals surface area contributed by atoms with Crippen LogP contribution in [0.2, 0.25) is 5.02 Å². The molecule has 0 saturated heterocycles. The van der Waals surface area contributed by atoms with Crippen molar-refractivity contribution in [1.82, 2.24) is 10.1 Å². The van der Waals surface area contributed by atoms with Crippen LogP contribution < -0.4 is 5.32 Å². The van der Waals surface area contributed by atoms with Crippen LogP contribution in [0.3, 0.4) is 0 Å². The maximum atomic E-state index is 11.7. The zero-order valence-corrected chi connectivity index (χ0v) is 10.5. The van der Waals surface area contributed by atoms with Crippen LogP contribution in [0.5, 0.6) is 0 Å². The van der Waals surface area contributed by atoms with E-state index in [9.17, 15) is 4.79 Å². The summed E-state index contributed by atoms with van der Waals surface area (Å²) >= 11 is 7.36. The Kier molecular flexibility index (Phi) is 2.73. The zero-order valence-electron chi connectivity index (χ0n) is 8.88. The van der Waals surface area contributed by atoms with Gasteiger partial charge in [-0.1, -0.05) is 34.2 Å². The standard InChI is InChI=1S/C11H6ClN3O2S/c12-6-2-1-3-8-9(6)14-11(18-8)15-10(16)7-4-5-13-17-7/h1-5H,(H,14,15,16). The van der Waals surface area contributed by atoms with Gasteiger partial charge in [0.05, 0.1) is 15.9 Å². The Morgan fingerprint density at radius 3 is 3.00 bits per heavy atom. The number of fused-ring (bicyclic) bond motifs is 1. The van der Waals surface area contributed by atoms with Gasteiger partial charge < -0.3 is 4.52 Å². The number of nitrogens with zero attached hydrogens (tertiary/aromatic N) is 2. The molecule has 0 atom stereocenters. The second-order valence-electron chi connectivity index (χ2n) is 3.44. The van der Waals surface area contributed by atoms with Gasteiger partial charge in [0.1, 0.15) is 5.52 Å². The number of benzene rings is 1. The fourth-order valence-electron chi connectivity index (χ4n) is 1.46. The van der Waals surface area contributed by atoms with Crippen molar-refractivity contribution in [2.75, 3.05) is 5.32 Å². The number of rotatable bonds is 2. The van der Waals surface area contributed by atoms with Crippen molar-refractivity contribution in [1.29, 1.82) is 0 Å². The molecule has 0 aliphatic carbocycles. The predicted molar refractivity (Wildman–Crippen MR) is 69.1 cm³/mol. The Morgan fingerprint density at radius 2 is 2.28 bits per heavy atom. The molecule has 1 amide bonds. The van der Waals surface area contributed by atoms with E-state index in [0.29, 0.717) is 15.7 Å². The average Bonchev–Trinajstić information content (AvgIpc) is 2.97. The molecule has 0 fully saturated rings. The highest BCUT2D eigenvalue weighted by atomic mass is 35.5. The summed E-state index contributed by atoms with van der Waals surface area (Å²) in [5.41, 5.74) is 0.678. The van der Waals surface area contributed by atoms with Gasteiger partial charge in [0.25, 0.3) is 5.91 Å². The van der Waals surface area contributed by atoms with Crippen LogP contribution in [0.4, 0.5) is 5.13 Å². The quantitative estimate of drug-likeness (QED) is 0.782. The minimum absolute atomic E-state index is 0.139. The zero-order chi connectivity index (χ0) is 12.5. The van der Waals surface area contributed by atoms with Gasteiger partial charge in [-0.15, -0.1) is 0 Å². The highest BCUT2D eigenvalue weighted by Gasteiger charge is 2.13. The Labute approximate surface area is 110 Å². The number of anilines is 1. The van der Waals surface area contributed by atoms with Crippen LogP contribution in [-0.2, 0) is 0 Å². The second-order valence-corrected chi connectivity index (χ2v) is 4.87. The third kappa shape index (κ3) is 1.96. The van der Waals surface area contributed by atoms with Gasteiger partial charge in [-0.2, -0.15) is 0 Å². The van der Waals surface area contributed by atoms with Crippen molar-refractivity contribution in [3.05, 3.63) is 41.2 Å². The van der Waals surface area contributed by atoms with Crippen LogP contribution in [0.15, 0.2) is 35.0 Å². The molecule has 7 heteroatoms. The number of nitrogens with one attached hydrogen (secondary N) is 1. The van der Waals surface area contributed by atoms with E-state index >= 15 is 0 Å². The molecule has 5 nitrogen and oxygen atoms in total. The summed E-state index contributed by atoms with van der Waals surface area (Å²) in [4.78, 5) is 16.0. The Balaban J connectivity index is 1.92. The van der Waals surface area contributed by atoms with E-state index in [1.807, 2.05) is 12.1 Å². The van der Waals surface area contributed by atoms with Gasteiger partial charge in [-0.3, -0.25) is 10.1 Å². The number of amides is 1. The molecule has 3 aromatic rings. The maximum Gasteiger partial charge on any atom is 0.296 e. The van der Waals surface area contributed by atoms with E-state index < -0.39 is 0 Å². The van der Waals surface area contributed by atoms with E-state index in [-0.39, 0.29) is 11.7 Å². The highest BCUT2D eigenvalue weighted by molar-refractivity contribution is 7.22. The maximum absolute atomic E-state index is 11.7. The van der Waals surface area contributed by atoms with Crippen LogP contribution in [0.1, 0.15) is 10.6 Å². The van der Waals surface area contributed by atoms with Crippen molar-refractivity contribution >= 4 is 44.2 Å². The third-order valence-electron chi connectivity index (χ3n) is 2.25. The van der Waals surface area contributed by atoms with Gasteiger partial charge in [0, 0.05) is 6.07 Å². The molecule has 0 radical (unpaired) electrons. The summed E-state index contributed by atoms with van der Waals surface area (Å²) in [6.45, 7) is 0. The number of carbonyl (C=O) groups excluding carboxylic acids is 1. The van der Waals surface area contributed by atoms with Crippen molar-refractivity contribution < 1.29 is 9.32 Å². The molecule has 0 spiro atoms. The molecular weight excluding hydrogens is 274 g/mol. The summed E-state index contributed by atoms with van der Waals surface area (Å²) in [6.07, 6.45) is 1.41. The molecule has 3 rings (SSSR count). The van der Waals surface area contributed by atoms with Crippen molar-refractivity contribution in [3.63, 3.8) is 0 Å². The molecule has 0 aliphatic heterocycles. The lowest BCUT2D eigenvalue weighted by Gasteiger charge is -1.95. The number of hydrogen-bond acceptors (Lipinski definition) is 5. The van der Waals surface area contributed by atoms with Crippen molar-refractivity contribution in [2.24, 2.45) is 0 Å². The third-order valence-corrected chi connectivity index (χ3v) is 3.49. The number of hydrogen-bond donors (Lipinski definition) is 1. The lowest BCUT2D eigenvalue weighted by Crippen LogP contribution is -2.10. The van der Waals surface area contributed by atoms with Crippen LogP contribution in [-0.4, -0.2) is 16.0 Å². The molecular formula is C11H6ClN3O2S. The molecule has 1 N–H and O–H groups in total. The normalized spacial score (nSPS) is 10.7. The predicted octanol–water partition coefficient (Wildman–Crippen LogP) is 3.19. The minimum Gasteiger partial charge on any atom is -0.351 e. The van der Waals surface area contributed by atoms with Gasteiger partial charge in [-0.25, -0.2) is 4.98 Å². The molecule has 0 bridgehead atoms. The Morgan fingerprint density at radius 1 is 1.39 bits per heavy atom. The number of halogens is 1. The van der Waals surface area contributed by atoms with Crippen LogP contribution in [0, 0.1) is 0 Å². The first-order chi connectivity index (χ1) is 8.74. The molecule has 0 saturated carbocycles. The number of para-hydroxylation sites is 1. The fraction of sp³-hybridized carbons (Fsp3) is 0. The van der Waals surface area contributed by atoms with E-state index in [4.69, 9.17) is 16.1 Å². The summed E-state index contributed by atoms with van der Waals surface area (Å²) in [5.74, 6) is -0.247.